The molecule has 0 bridgehead atoms. The van der Waals surface area contributed by atoms with E-state index < -0.39 is 0 Å². The van der Waals surface area contributed by atoms with E-state index in [1.165, 1.54) is 11.1 Å². The number of esters is 1. The highest BCUT2D eigenvalue weighted by atomic mass is 16.6. The molecule has 1 aliphatic rings. The van der Waals surface area contributed by atoms with E-state index in [1.807, 2.05) is 19.9 Å². The Kier molecular flexibility index (Phi) is 6.29. The average Bonchev–Trinajstić information content (AvgIpc) is 2.82. The zero-order valence-electron chi connectivity index (χ0n) is 16.1. The molecule has 1 aliphatic heterocycles. The summed E-state index contributed by atoms with van der Waals surface area (Å²) in [6, 6.07) is 1.90. The van der Waals surface area contributed by atoms with Crippen molar-refractivity contribution in [3.63, 3.8) is 0 Å². The molecule has 1 atom stereocenters. The van der Waals surface area contributed by atoms with Gasteiger partial charge in [0.05, 0.1) is 7.11 Å². The molecule has 0 aliphatic carbocycles. The molecule has 1 heterocycles. The fourth-order valence-corrected chi connectivity index (χ4v) is 2.94. The number of benzene rings is 1. The van der Waals surface area contributed by atoms with Gasteiger partial charge >= 0.3 is 5.97 Å². The normalized spacial score (nSPS) is 16.3. The predicted molar refractivity (Wildman–Crippen MR) is 99.5 cm³/mol. The maximum atomic E-state index is 12.0. The summed E-state index contributed by atoms with van der Waals surface area (Å²) < 4.78 is 16.7. The Bertz CT molecular complexity index is 709. The maximum Gasteiger partial charge on any atom is 0.342 e. The first-order valence-corrected chi connectivity index (χ1v) is 8.69. The first kappa shape index (κ1) is 19.1. The van der Waals surface area contributed by atoms with Gasteiger partial charge in [0, 0.05) is 11.1 Å². The van der Waals surface area contributed by atoms with Crippen molar-refractivity contribution in [1.82, 2.24) is 0 Å². The van der Waals surface area contributed by atoms with Crippen molar-refractivity contribution in [2.24, 2.45) is 0 Å². The van der Waals surface area contributed by atoms with Gasteiger partial charge in [-0.05, 0) is 59.6 Å². The van der Waals surface area contributed by atoms with Crippen LogP contribution in [0, 0.1) is 6.92 Å². The van der Waals surface area contributed by atoms with E-state index in [-0.39, 0.29) is 12.1 Å². The van der Waals surface area contributed by atoms with Gasteiger partial charge < -0.3 is 14.2 Å². The Labute approximate surface area is 150 Å². The van der Waals surface area contributed by atoms with Crippen molar-refractivity contribution in [3.8, 4) is 11.5 Å². The Balaban J connectivity index is 2.12. The van der Waals surface area contributed by atoms with E-state index in [2.05, 4.69) is 32.9 Å². The number of hydrogen-bond acceptors (Lipinski definition) is 4. The largest absolute Gasteiger partial charge is 0.495 e. The number of fused-ring (bicyclic) bond motifs is 1. The second kappa shape index (κ2) is 8.24. The van der Waals surface area contributed by atoms with E-state index in [0.717, 1.165) is 29.7 Å². The Morgan fingerprint density at radius 2 is 2.00 bits per heavy atom. The van der Waals surface area contributed by atoms with Gasteiger partial charge in [-0.25, -0.2) is 4.79 Å². The number of ether oxygens (including phenoxy) is 3. The van der Waals surface area contributed by atoms with Crippen molar-refractivity contribution in [2.45, 2.75) is 53.6 Å². The lowest BCUT2D eigenvalue weighted by atomic mass is 10.0. The van der Waals surface area contributed by atoms with Gasteiger partial charge in [-0.15, -0.1) is 0 Å². The lowest BCUT2D eigenvalue weighted by Crippen LogP contribution is -2.04. The molecule has 0 spiro atoms. The zero-order valence-corrected chi connectivity index (χ0v) is 16.1. The Morgan fingerprint density at radius 1 is 1.28 bits per heavy atom. The summed E-state index contributed by atoms with van der Waals surface area (Å²) in [5.74, 6) is 0.948. The second-order valence-corrected chi connectivity index (χ2v) is 6.73. The molecule has 4 heteroatoms. The molecule has 0 aromatic heterocycles. The standard InChI is InChI=1S/C21H28O4/c1-13(2)8-7-9-14(3)10-11-24-18-12-17-16(5)25-21(22)19(17)20(23-6)15(18)4/h8,10,12,16H,7,9,11H2,1-6H3/b14-10+/t16-/m0/s1. The summed E-state index contributed by atoms with van der Waals surface area (Å²) in [5.41, 5.74) is 4.81. The van der Waals surface area contributed by atoms with Crippen molar-refractivity contribution >= 4 is 5.97 Å². The molecule has 1 aromatic rings. The molecule has 2 rings (SSSR count). The summed E-state index contributed by atoms with van der Waals surface area (Å²) in [7, 11) is 1.57. The fourth-order valence-electron chi connectivity index (χ4n) is 2.94. The van der Waals surface area contributed by atoms with Crippen LogP contribution in [0.2, 0.25) is 0 Å². The van der Waals surface area contributed by atoms with Crippen LogP contribution in [0.5, 0.6) is 11.5 Å². The van der Waals surface area contributed by atoms with Gasteiger partial charge in [0.2, 0.25) is 0 Å². The molecule has 0 radical (unpaired) electrons. The Hall–Kier alpha value is -2.23. The summed E-state index contributed by atoms with van der Waals surface area (Å²) >= 11 is 0. The van der Waals surface area contributed by atoms with Crippen molar-refractivity contribution in [1.29, 1.82) is 0 Å². The minimum atomic E-state index is -0.330. The van der Waals surface area contributed by atoms with Gasteiger partial charge in [0.25, 0.3) is 0 Å². The average molecular weight is 344 g/mol. The third-order valence-electron chi connectivity index (χ3n) is 4.40. The number of rotatable bonds is 7. The van der Waals surface area contributed by atoms with Gasteiger partial charge in [-0.2, -0.15) is 0 Å². The third-order valence-corrected chi connectivity index (χ3v) is 4.40. The van der Waals surface area contributed by atoms with E-state index in [1.54, 1.807) is 7.11 Å². The lowest BCUT2D eigenvalue weighted by molar-refractivity contribution is 0.0420. The molecule has 4 nitrogen and oxygen atoms in total. The molecule has 25 heavy (non-hydrogen) atoms. The van der Waals surface area contributed by atoms with E-state index in [0.29, 0.717) is 17.9 Å². The fraction of sp³-hybridized carbons (Fsp3) is 0.476. The lowest BCUT2D eigenvalue weighted by Gasteiger charge is -2.14. The molecular formula is C21H28O4. The van der Waals surface area contributed by atoms with Crippen LogP contribution in [-0.4, -0.2) is 19.7 Å². The number of methoxy groups -OCH3 is 1. The molecule has 0 N–H and O–H groups in total. The number of allylic oxidation sites excluding steroid dienone is 3. The maximum absolute atomic E-state index is 12.0. The van der Waals surface area contributed by atoms with Crippen LogP contribution in [0.25, 0.3) is 0 Å². The number of carbonyl (C=O) groups excluding carboxylic acids is 1. The van der Waals surface area contributed by atoms with Crippen molar-refractivity contribution in [3.05, 3.63) is 46.1 Å². The third kappa shape index (κ3) is 4.44. The molecular weight excluding hydrogens is 316 g/mol. The molecule has 0 saturated carbocycles. The van der Waals surface area contributed by atoms with Crippen LogP contribution in [0.1, 0.15) is 68.1 Å². The minimum Gasteiger partial charge on any atom is -0.495 e. The summed E-state index contributed by atoms with van der Waals surface area (Å²) in [6.07, 6.45) is 6.14. The quantitative estimate of drug-likeness (QED) is 0.497. The topological polar surface area (TPSA) is 44.8 Å². The van der Waals surface area contributed by atoms with Crippen LogP contribution < -0.4 is 9.47 Å². The monoisotopic (exact) mass is 344 g/mol. The zero-order chi connectivity index (χ0) is 18.6. The van der Waals surface area contributed by atoms with Crippen LogP contribution in [0.4, 0.5) is 0 Å². The number of cyclic esters (lactones) is 1. The molecule has 0 unspecified atom stereocenters. The van der Waals surface area contributed by atoms with Gasteiger partial charge in [-0.3, -0.25) is 0 Å². The summed E-state index contributed by atoms with van der Waals surface area (Å²) in [4.78, 5) is 12.0. The van der Waals surface area contributed by atoms with Crippen molar-refractivity contribution < 1.29 is 19.0 Å². The summed E-state index contributed by atoms with van der Waals surface area (Å²) in [6.45, 7) is 10.6. The predicted octanol–water partition coefficient (Wildman–Crippen LogP) is 5.31. The van der Waals surface area contributed by atoms with Crippen LogP contribution in [-0.2, 0) is 4.74 Å². The molecule has 136 valence electrons. The molecule has 1 aromatic carbocycles. The minimum absolute atomic E-state index is 0.277. The highest BCUT2D eigenvalue weighted by molar-refractivity contribution is 5.98. The smallest absolute Gasteiger partial charge is 0.342 e. The van der Waals surface area contributed by atoms with Gasteiger partial charge in [0.1, 0.15) is 29.8 Å². The molecule has 0 saturated heterocycles. The number of carbonyl (C=O) groups is 1. The van der Waals surface area contributed by atoms with Crippen molar-refractivity contribution in [2.75, 3.05) is 13.7 Å². The number of hydrogen-bond donors (Lipinski definition) is 0. The highest BCUT2D eigenvalue weighted by Crippen LogP contribution is 2.42. The first-order valence-electron chi connectivity index (χ1n) is 8.69. The van der Waals surface area contributed by atoms with E-state index in [4.69, 9.17) is 14.2 Å². The summed E-state index contributed by atoms with van der Waals surface area (Å²) in [5, 5.41) is 0. The van der Waals surface area contributed by atoms with Crippen LogP contribution in [0.15, 0.2) is 29.4 Å². The van der Waals surface area contributed by atoms with Crippen LogP contribution in [0.3, 0.4) is 0 Å². The van der Waals surface area contributed by atoms with Gasteiger partial charge in [-0.1, -0.05) is 17.2 Å². The molecule has 0 fully saturated rings. The highest BCUT2D eigenvalue weighted by Gasteiger charge is 2.33. The molecule has 0 amide bonds. The van der Waals surface area contributed by atoms with E-state index >= 15 is 0 Å². The Morgan fingerprint density at radius 3 is 2.64 bits per heavy atom. The van der Waals surface area contributed by atoms with Gasteiger partial charge in [0.15, 0.2) is 0 Å². The van der Waals surface area contributed by atoms with E-state index in [9.17, 15) is 4.79 Å². The SMILES string of the molecule is COc1c(C)c(OC/C=C(\C)CCC=C(C)C)cc2c1C(=O)O[C@H]2C. The second-order valence-electron chi connectivity index (χ2n) is 6.73. The first-order chi connectivity index (χ1) is 11.8. The van der Waals surface area contributed by atoms with Crippen LogP contribution >= 0.6 is 0 Å².